The molecule has 0 amide bonds. The third-order valence-electron chi connectivity index (χ3n) is 5.76. The smallest absolute Gasteiger partial charge is 0.441 e. The van der Waals surface area contributed by atoms with Crippen molar-refractivity contribution in [2.24, 2.45) is 0 Å². The van der Waals surface area contributed by atoms with Crippen LogP contribution in [0.3, 0.4) is 0 Å². The van der Waals surface area contributed by atoms with Crippen LogP contribution in [0.4, 0.5) is 13.2 Å². The lowest BCUT2D eigenvalue weighted by Crippen LogP contribution is -2.62. The number of aliphatic hydroxyl groups is 1. The first-order chi connectivity index (χ1) is 15.6. The van der Waals surface area contributed by atoms with Crippen molar-refractivity contribution < 1.29 is 32.6 Å². The molecule has 1 fully saturated rings. The number of nitrogens with zero attached hydrogens (tertiary/aromatic N) is 1. The molecule has 1 unspecified atom stereocenters. The lowest BCUT2D eigenvalue weighted by molar-refractivity contribution is -0.288. The van der Waals surface area contributed by atoms with Gasteiger partial charge in [0.25, 0.3) is 5.72 Å². The summed E-state index contributed by atoms with van der Waals surface area (Å²) in [4.78, 5) is 27.1. The van der Waals surface area contributed by atoms with Crippen molar-refractivity contribution in [1.82, 2.24) is 10.2 Å². The average molecular weight is 458 g/mol. The number of ether oxygens (including phenoxy) is 1. The summed E-state index contributed by atoms with van der Waals surface area (Å²) >= 11 is 0. The van der Waals surface area contributed by atoms with E-state index in [9.17, 15) is 27.9 Å². The fraction of sp³-hybridized carbons (Fsp3) is 0.250. The number of hydrogen-bond donors (Lipinski definition) is 2. The van der Waals surface area contributed by atoms with E-state index in [4.69, 9.17) is 4.74 Å². The van der Waals surface area contributed by atoms with Gasteiger partial charge in [0.05, 0.1) is 18.3 Å². The van der Waals surface area contributed by atoms with Crippen LogP contribution in [0.25, 0.3) is 0 Å². The number of halogens is 3. The fourth-order valence-corrected chi connectivity index (χ4v) is 3.98. The van der Waals surface area contributed by atoms with E-state index in [-0.39, 0.29) is 35.6 Å². The van der Waals surface area contributed by atoms with Gasteiger partial charge in [-0.15, -0.1) is 0 Å². The van der Waals surface area contributed by atoms with Crippen LogP contribution in [0.5, 0.6) is 5.75 Å². The lowest BCUT2D eigenvalue weighted by Gasteiger charge is -2.43. The molecule has 1 saturated heterocycles. The first-order valence-electron chi connectivity index (χ1n) is 10.1. The van der Waals surface area contributed by atoms with E-state index in [1.807, 2.05) is 0 Å². The Hall–Kier alpha value is -3.59. The van der Waals surface area contributed by atoms with Gasteiger partial charge < -0.3 is 20.1 Å². The zero-order valence-electron chi connectivity index (χ0n) is 17.9. The van der Waals surface area contributed by atoms with Gasteiger partial charge in [0.2, 0.25) is 0 Å². The van der Waals surface area contributed by atoms with E-state index in [1.165, 1.54) is 31.4 Å². The third-order valence-corrected chi connectivity index (χ3v) is 5.76. The summed E-state index contributed by atoms with van der Waals surface area (Å²) in [6.45, 7) is 1.59. The Morgan fingerprint density at radius 1 is 1.03 bits per heavy atom. The number of methoxy groups -OCH3 is 1. The van der Waals surface area contributed by atoms with Gasteiger partial charge in [0.1, 0.15) is 11.6 Å². The monoisotopic (exact) mass is 458 g/mol. The lowest BCUT2D eigenvalue weighted by atomic mass is 9.86. The highest BCUT2D eigenvalue weighted by molar-refractivity contribution is 6.15. The van der Waals surface area contributed by atoms with Crippen molar-refractivity contribution in [2.75, 3.05) is 20.2 Å². The molecule has 0 aliphatic carbocycles. The van der Waals surface area contributed by atoms with Crippen LogP contribution < -0.4 is 10.1 Å². The molecule has 4 rings (SSSR count). The molecule has 0 aromatic heterocycles. The number of carbonyl (C=O) groups excluding carboxylic acids is 2. The van der Waals surface area contributed by atoms with E-state index < -0.39 is 29.0 Å². The molecular formula is C24H21F3N2O4. The van der Waals surface area contributed by atoms with Gasteiger partial charge in [-0.05, 0) is 37.3 Å². The number of benzene rings is 2. The molecule has 6 nitrogen and oxygen atoms in total. The number of fused-ring (bicyclic) bond motifs is 1. The Morgan fingerprint density at radius 3 is 2.18 bits per heavy atom. The molecule has 0 saturated carbocycles. The van der Waals surface area contributed by atoms with Gasteiger partial charge in [-0.25, -0.2) is 0 Å². The SMILES string of the molecule is COc1ccc(C(=O)C2=C3NCCN3C(O)(C(F)(F)F)C(C(=O)c3ccc(C)cc3)=C2)cc1. The number of aryl methyl sites for hydroxylation is 1. The van der Waals surface area contributed by atoms with Crippen LogP contribution in [0, 0.1) is 6.92 Å². The zero-order chi connectivity index (χ0) is 24.0. The molecule has 2 aliphatic heterocycles. The third kappa shape index (κ3) is 3.68. The molecule has 9 heteroatoms. The molecule has 2 heterocycles. The van der Waals surface area contributed by atoms with Gasteiger partial charge in [0, 0.05) is 24.2 Å². The second kappa shape index (κ2) is 8.08. The Balaban J connectivity index is 1.87. The standard InChI is InChI=1S/C24H21F3N2O4/c1-14-3-5-16(6-4-14)21(31)19-13-18(20(30)15-7-9-17(33-2)10-8-15)22-28-11-12-29(22)23(19,32)24(25,26)27/h3-10,13,28,32H,11-12H2,1-2H3. The summed E-state index contributed by atoms with van der Waals surface area (Å²) in [5.41, 5.74) is -3.66. The number of alkyl halides is 3. The van der Waals surface area contributed by atoms with Crippen LogP contribution in [-0.4, -0.2) is 53.7 Å². The highest BCUT2D eigenvalue weighted by Crippen LogP contribution is 2.46. The number of nitrogens with one attached hydrogen (secondary N) is 1. The van der Waals surface area contributed by atoms with Crippen molar-refractivity contribution in [2.45, 2.75) is 18.8 Å². The summed E-state index contributed by atoms with van der Waals surface area (Å²) < 4.78 is 47.8. The quantitative estimate of drug-likeness (QED) is 0.669. The van der Waals surface area contributed by atoms with E-state index in [1.54, 1.807) is 31.2 Å². The predicted molar refractivity (Wildman–Crippen MR) is 114 cm³/mol. The van der Waals surface area contributed by atoms with Crippen molar-refractivity contribution in [3.8, 4) is 5.75 Å². The first-order valence-corrected chi connectivity index (χ1v) is 10.1. The van der Waals surface area contributed by atoms with Crippen LogP contribution in [0.15, 0.2) is 71.6 Å². The Morgan fingerprint density at radius 2 is 1.61 bits per heavy atom. The Bertz CT molecular complexity index is 1170. The van der Waals surface area contributed by atoms with E-state index in [2.05, 4.69) is 5.32 Å². The summed E-state index contributed by atoms with van der Waals surface area (Å²) in [5.74, 6) is -1.27. The second-order valence-electron chi connectivity index (χ2n) is 7.82. The highest BCUT2D eigenvalue weighted by atomic mass is 19.4. The fourth-order valence-electron chi connectivity index (χ4n) is 3.98. The maximum atomic E-state index is 14.3. The number of allylic oxidation sites excluding steroid dienone is 2. The average Bonchev–Trinajstić information content (AvgIpc) is 3.29. The van der Waals surface area contributed by atoms with Crippen molar-refractivity contribution in [3.05, 3.63) is 88.3 Å². The molecular weight excluding hydrogens is 437 g/mol. The zero-order valence-corrected chi connectivity index (χ0v) is 17.9. The van der Waals surface area contributed by atoms with E-state index >= 15 is 0 Å². The summed E-state index contributed by atoms with van der Waals surface area (Å²) in [6.07, 6.45) is -4.35. The number of hydrogen-bond acceptors (Lipinski definition) is 6. The van der Waals surface area contributed by atoms with E-state index in [0.717, 1.165) is 11.6 Å². The number of carbonyl (C=O) groups is 2. The summed E-state index contributed by atoms with van der Waals surface area (Å²) in [6, 6.07) is 12.0. The Kier molecular flexibility index (Phi) is 5.53. The Labute approximate surface area is 188 Å². The summed E-state index contributed by atoms with van der Waals surface area (Å²) in [5, 5.41) is 13.7. The van der Waals surface area contributed by atoms with Crippen LogP contribution >= 0.6 is 0 Å². The maximum Gasteiger partial charge on any atom is 0.441 e. The van der Waals surface area contributed by atoms with Crippen LogP contribution in [0.2, 0.25) is 0 Å². The molecule has 0 bridgehead atoms. The highest BCUT2D eigenvalue weighted by Gasteiger charge is 2.65. The second-order valence-corrected chi connectivity index (χ2v) is 7.82. The van der Waals surface area contributed by atoms with Crippen molar-refractivity contribution in [1.29, 1.82) is 0 Å². The first kappa shape index (κ1) is 22.6. The van der Waals surface area contributed by atoms with Gasteiger partial charge in [0.15, 0.2) is 11.6 Å². The minimum absolute atomic E-state index is 0.0265. The van der Waals surface area contributed by atoms with Crippen molar-refractivity contribution in [3.63, 3.8) is 0 Å². The molecule has 1 atom stereocenters. The minimum Gasteiger partial charge on any atom is -0.497 e. The predicted octanol–water partition coefficient (Wildman–Crippen LogP) is 3.38. The normalized spacial score (nSPS) is 20.2. The van der Waals surface area contributed by atoms with Gasteiger partial charge in [-0.2, -0.15) is 13.2 Å². The summed E-state index contributed by atoms with van der Waals surface area (Å²) in [7, 11) is 1.46. The van der Waals surface area contributed by atoms with Gasteiger partial charge in [-0.1, -0.05) is 29.8 Å². The molecule has 0 spiro atoms. The largest absolute Gasteiger partial charge is 0.497 e. The van der Waals surface area contributed by atoms with Gasteiger partial charge in [-0.3, -0.25) is 9.59 Å². The molecule has 2 aliphatic rings. The van der Waals surface area contributed by atoms with Crippen LogP contribution in [0.1, 0.15) is 26.3 Å². The molecule has 2 aromatic rings. The molecule has 2 aromatic carbocycles. The molecule has 172 valence electrons. The van der Waals surface area contributed by atoms with Crippen LogP contribution in [-0.2, 0) is 0 Å². The molecule has 0 radical (unpaired) electrons. The number of ketones is 2. The molecule has 2 N–H and O–H groups in total. The van der Waals surface area contributed by atoms with Gasteiger partial charge >= 0.3 is 6.18 Å². The topological polar surface area (TPSA) is 78.9 Å². The molecule has 33 heavy (non-hydrogen) atoms. The number of Topliss-reactive ketones (excluding diaryl/α,β-unsaturated/α-hetero) is 2. The van der Waals surface area contributed by atoms with Crippen molar-refractivity contribution >= 4 is 11.6 Å². The maximum absolute atomic E-state index is 14.3. The number of rotatable bonds is 5. The minimum atomic E-state index is -5.20. The van der Waals surface area contributed by atoms with E-state index in [0.29, 0.717) is 10.6 Å².